The van der Waals surface area contributed by atoms with Crippen LogP contribution in [0.1, 0.15) is 45.4 Å². The number of carbonyl (C=O) groups excluding carboxylic acids is 2. The largest absolute Gasteiger partial charge is 0.344 e. The van der Waals surface area contributed by atoms with Gasteiger partial charge in [-0.25, -0.2) is 0 Å². The summed E-state index contributed by atoms with van der Waals surface area (Å²) >= 11 is 0. The zero-order valence-electron chi connectivity index (χ0n) is 12.3. The number of nitrogens with one attached hydrogen (secondary N) is 1. The van der Waals surface area contributed by atoms with Gasteiger partial charge in [-0.15, -0.1) is 0 Å². The van der Waals surface area contributed by atoms with Gasteiger partial charge in [0.25, 0.3) is 0 Å². The highest BCUT2D eigenvalue weighted by Crippen LogP contribution is 2.31. The van der Waals surface area contributed by atoms with E-state index in [1.165, 1.54) is 12.8 Å². The van der Waals surface area contributed by atoms with Crippen molar-refractivity contribution >= 4 is 11.8 Å². The van der Waals surface area contributed by atoms with Crippen molar-refractivity contribution in [2.75, 3.05) is 19.6 Å². The fourth-order valence-corrected chi connectivity index (χ4v) is 3.50. The molecule has 0 aromatic carbocycles. The van der Waals surface area contributed by atoms with Gasteiger partial charge in [0.2, 0.25) is 11.8 Å². The van der Waals surface area contributed by atoms with Crippen molar-refractivity contribution in [3.05, 3.63) is 0 Å². The molecule has 2 unspecified atom stereocenters. The summed E-state index contributed by atoms with van der Waals surface area (Å²) < 4.78 is 0. The Morgan fingerprint density at radius 3 is 2.65 bits per heavy atom. The Hall–Kier alpha value is -1.10. The number of hydrogen-bond acceptors (Lipinski definition) is 3. The Labute approximate surface area is 120 Å². The SMILES string of the molecule is CCCC1NC(=O)CCN(C2CCN(C3CC3)C2)C1=O. The van der Waals surface area contributed by atoms with E-state index in [1.807, 2.05) is 4.90 Å². The zero-order valence-corrected chi connectivity index (χ0v) is 12.3. The summed E-state index contributed by atoms with van der Waals surface area (Å²) in [6.07, 6.45) is 5.82. The molecule has 2 saturated heterocycles. The summed E-state index contributed by atoms with van der Waals surface area (Å²) in [5.41, 5.74) is 0. The highest BCUT2D eigenvalue weighted by Gasteiger charge is 2.40. The molecule has 1 aliphatic carbocycles. The van der Waals surface area contributed by atoms with E-state index in [0.29, 0.717) is 19.0 Å². The molecule has 3 aliphatic rings. The second-order valence-corrected chi connectivity index (χ2v) is 6.36. The average Bonchev–Trinajstić information content (AvgIpc) is 3.19. The van der Waals surface area contributed by atoms with Gasteiger partial charge in [-0.2, -0.15) is 0 Å². The fraction of sp³-hybridized carbons (Fsp3) is 0.867. The number of likely N-dealkylation sites (tertiary alicyclic amines) is 1. The van der Waals surface area contributed by atoms with Crippen LogP contribution in [0.3, 0.4) is 0 Å². The topological polar surface area (TPSA) is 52.7 Å². The van der Waals surface area contributed by atoms with Gasteiger partial charge in [-0.1, -0.05) is 13.3 Å². The van der Waals surface area contributed by atoms with Gasteiger partial charge in [0.05, 0.1) is 0 Å². The van der Waals surface area contributed by atoms with Crippen LogP contribution in [-0.4, -0.2) is 59.4 Å². The van der Waals surface area contributed by atoms with Crippen LogP contribution in [0, 0.1) is 0 Å². The Kier molecular flexibility index (Phi) is 3.96. The molecular formula is C15H25N3O2. The Morgan fingerprint density at radius 1 is 1.15 bits per heavy atom. The van der Waals surface area contributed by atoms with Crippen LogP contribution in [0.4, 0.5) is 0 Å². The van der Waals surface area contributed by atoms with E-state index >= 15 is 0 Å². The molecule has 0 aromatic heterocycles. The van der Waals surface area contributed by atoms with E-state index in [1.54, 1.807) is 0 Å². The average molecular weight is 279 g/mol. The predicted molar refractivity (Wildman–Crippen MR) is 76.2 cm³/mol. The molecule has 1 N–H and O–H groups in total. The van der Waals surface area contributed by atoms with Crippen LogP contribution in [-0.2, 0) is 9.59 Å². The second kappa shape index (κ2) is 5.72. The van der Waals surface area contributed by atoms with Gasteiger partial charge < -0.3 is 10.2 Å². The van der Waals surface area contributed by atoms with E-state index in [9.17, 15) is 9.59 Å². The summed E-state index contributed by atoms with van der Waals surface area (Å²) in [4.78, 5) is 28.9. The molecule has 3 fully saturated rings. The zero-order chi connectivity index (χ0) is 14.1. The molecule has 1 saturated carbocycles. The van der Waals surface area contributed by atoms with Gasteiger partial charge in [0.1, 0.15) is 6.04 Å². The van der Waals surface area contributed by atoms with Crippen LogP contribution in [0.25, 0.3) is 0 Å². The van der Waals surface area contributed by atoms with E-state index < -0.39 is 0 Å². The second-order valence-electron chi connectivity index (χ2n) is 6.36. The van der Waals surface area contributed by atoms with Crippen LogP contribution < -0.4 is 5.32 Å². The van der Waals surface area contributed by atoms with E-state index in [2.05, 4.69) is 17.1 Å². The van der Waals surface area contributed by atoms with E-state index in [0.717, 1.165) is 38.4 Å². The number of nitrogens with zero attached hydrogens (tertiary/aromatic N) is 2. The van der Waals surface area contributed by atoms with Gasteiger partial charge in [0.15, 0.2) is 0 Å². The first-order valence-electron chi connectivity index (χ1n) is 8.03. The fourth-order valence-electron chi connectivity index (χ4n) is 3.50. The summed E-state index contributed by atoms with van der Waals surface area (Å²) in [7, 11) is 0. The van der Waals surface area contributed by atoms with Crippen molar-refractivity contribution in [1.82, 2.24) is 15.1 Å². The Bertz CT molecular complexity index is 395. The van der Waals surface area contributed by atoms with Crippen molar-refractivity contribution in [1.29, 1.82) is 0 Å². The first-order valence-corrected chi connectivity index (χ1v) is 8.03. The molecule has 0 spiro atoms. The third-order valence-electron chi connectivity index (χ3n) is 4.77. The van der Waals surface area contributed by atoms with Gasteiger partial charge >= 0.3 is 0 Å². The molecule has 5 heteroatoms. The van der Waals surface area contributed by atoms with Crippen molar-refractivity contribution in [2.45, 2.75) is 63.6 Å². The summed E-state index contributed by atoms with van der Waals surface area (Å²) in [5, 5.41) is 2.89. The summed E-state index contributed by atoms with van der Waals surface area (Å²) in [5.74, 6) is 0.164. The molecule has 2 heterocycles. The minimum absolute atomic E-state index is 0.0244. The number of amides is 2. The molecule has 112 valence electrons. The molecule has 0 aromatic rings. The normalized spacial score (nSPS) is 32.4. The minimum atomic E-state index is -0.301. The third-order valence-corrected chi connectivity index (χ3v) is 4.77. The van der Waals surface area contributed by atoms with E-state index in [4.69, 9.17) is 0 Å². The highest BCUT2D eigenvalue weighted by molar-refractivity contribution is 5.90. The smallest absolute Gasteiger partial charge is 0.245 e. The molecular weight excluding hydrogens is 254 g/mol. The molecule has 2 aliphatic heterocycles. The Morgan fingerprint density at radius 2 is 1.95 bits per heavy atom. The summed E-state index contributed by atoms with van der Waals surface area (Å²) in [6, 6.07) is 0.786. The van der Waals surface area contributed by atoms with Gasteiger partial charge in [-0.05, 0) is 25.7 Å². The number of carbonyl (C=O) groups is 2. The predicted octanol–water partition coefficient (Wildman–Crippen LogP) is 0.740. The lowest BCUT2D eigenvalue weighted by atomic mass is 10.1. The van der Waals surface area contributed by atoms with Crippen LogP contribution in [0.5, 0.6) is 0 Å². The summed E-state index contributed by atoms with van der Waals surface area (Å²) in [6.45, 7) is 4.76. The van der Waals surface area contributed by atoms with Crippen molar-refractivity contribution in [3.8, 4) is 0 Å². The van der Waals surface area contributed by atoms with Crippen LogP contribution in [0.2, 0.25) is 0 Å². The van der Waals surface area contributed by atoms with Crippen LogP contribution >= 0.6 is 0 Å². The third kappa shape index (κ3) is 2.82. The van der Waals surface area contributed by atoms with Crippen LogP contribution in [0.15, 0.2) is 0 Å². The molecule has 5 nitrogen and oxygen atoms in total. The molecule has 20 heavy (non-hydrogen) atoms. The maximum Gasteiger partial charge on any atom is 0.245 e. The monoisotopic (exact) mass is 279 g/mol. The quantitative estimate of drug-likeness (QED) is 0.826. The van der Waals surface area contributed by atoms with Gasteiger partial charge in [-0.3, -0.25) is 14.5 Å². The van der Waals surface area contributed by atoms with Crippen molar-refractivity contribution in [3.63, 3.8) is 0 Å². The number of hydrogen-bond donors (Lipinski definition) is 1. The molecule has 0 bridgehead atoms. The lowest BCUT2D eigenvalue weighted by molar-refractivity contribution is -0.135. The number of rotatable bonds is 4. The van der Waals surface area contributed by atoms with E-state index in [-0.39, 0.29) is 17.9 Å². The lowest BCUT2D eigenvalue weighted by Gasteiger charge is -2.30. The lowest BCUT2D eigenvalue weighted by Crippen LogP contribution is -2.49. The molecule has 0 radical (unpaired) electrons. The maximum atomic E-state index is 12.7. The minimum Gasteiger partial charge on any atom is -0.344 e. The first kappa shape index (κ1) is 13.9. The maximum absolute atomic E-state index is 12.7. The van der Waals surface area contributed by atoms with Crippen molar-refractivity contribution < 1.29 is 9.59 Å². The highest BCUT2D eigenvalue weighted by atomic mass is 16.2. The van der Waals surface area contributed by atoms with Crippen molar-refractivity contribution in [2.24, 2.45) is 0 Å². The first-order chi connectivity index (χ1) is 9.69. The van der Waals surface area contributed by atoms with Gasteiger partial charge in [0, 0.05) is 38.1 Å². The molecule has 3 rings (SSSR count). The molecule has 2 atom stereocenters. The standard InChI is InChI=1S/C15H25N3O2/c1-2-3-13-15(20)18(9-7-14(19)16-13)12-6-8-17(10-12)11-4-5-11/h11-13H,2-10H2,1H3,(H,16,19). The molecule has 2 amide bonds. The Balaban J connectivity index is 1.67.